The highest BCUT2D eigenvalue weighted by Crippen LogP contribution is 2.12. The Morgan fingerprint density at radius 2 is 2.20 bits per heavy atom. The molecule has 6 nitrogen and oxygen atoms in total. The Hall–Kier alpha value is -2.75. The molecule has 1 aliphatic heterocycles. The lowest BCUT2D eigenvalue weighted by molar-refractivity contribution is -0.134. The van der Waals surface area contributed by atoms with Gasteiger partial charge in [-0.3, -0.25) is 19.7 Å². The van der Waals surface area contributed by atoms with E-state index in [1.165, 1.54) is 6.07 Å². The summed E-state index contributed by atoms with van der Waals surface area (Å²) in [7, 11) is 0. The van der Waals surface area contributed by atoms with E-state index in [9.17, 15) is 18.8 Å². The number of nitrogens with one attached hydrogen (secondary N) is 2. The number of halogens is 1. The van der Waals surface area contributed by atoms with Gasteiger partial charge in [0.1, 0.15) is 11.9 Å². The molecule has 0 aromatic heterocycles. The third-order valence-electron chi connectivity index (χ3n) is 2.88. The maximum atomic E-state index is 13.5. The fourth-order valence-corrected chi connectivity index (χ4v) is 1.84. The normalized spacial score (nSPS) is 18.1. The predicted octanol–water partition coefficient (Wildman–Crippen LogP) is 0.232. The minimum Gasteiger partial charge on any atom is -0.340 e. The lowest BCUT2D eigenvalue weighted by Gasteiger charge is -2.21. The second-order valence-corrected chi connectivity index (χ2v) is 4.28. The molecule has 1 aromatic carbocycles. The summed E-state index contributed by atoms with van der Waals surface area (Å²) in [6, 6.07) is 4.28. The monoisotopic (exact) mass is 275 g/mol. The highest BCUT2D eigenvalue weighted by atomic mass is 19.1. The average Bonchev–Trinajstić information content (AvgIpc) is 2.42. The van der Waals surface area contributed by atoms with Crippen LogP contribution in [0.2, 0.25) is 0 Å². The molecular weight excluding hydrogens is 265 g/mol. The molecule has 1 aliphatic rings. The highest BCUT2D eigenvalue weighted by Gasteiger charge is 2.28. The van der Waals surface area contributed by atoms with Crippen molar-refractivity contribution in [3.8, 4) is 6.07 Å². The summed E-state index contributed by atoms with van der Waals surface area (Å²) in [6.45, 7) is 0. The Morgan fingerprint density at radius 1 is 1.45 bits per heavy atom. The van der Waals surface area contributed by atoms with Gasteiger partial charge in [0.05, 0.1) is 17.2 Å². The fraction of sp³-hybridized carbons (Fsp3) is 0.231. The van der Waals surface area contributed by atoms with Crippen LogP contribution in [0.15, 0.2) is 18.2 Å². The van der Waals surface area contributed by atoms with Crippen molar-refractivity contribution in [3.63, 3.8) is 0 Å². The standard InChI is InChI=1S/C13H10FN3O3/c14-9-2-1-7(6-15)5-8(9)12(19)16-10-3-4-11(18)17-13(10)20/h1-2,5,10H,3-4H2,(H,16,19)(H,17,18,20). The lowest BCUT2D eigenvalue weighted by Crippen LogP contribution is -2.52. The van der Waals surface area contributed by atoms with Crippen LogP contribution in [0.1, 0.15) is 28.8 Å². The quantitative estimate of drug-likeness (QED) is 0.755. The zero-order chi connectivity index (χ0) is 14.7. The number of hydrogen-bond acceptors (Lipinski definition) is 4. The van der Waals surface area contributed by atoms with Gasteiger partial charge >= 0.3 is 0 Å². The van der Waals surface area contributed by atoms with E-state index in [2.05, 4.69) is 10.6 Å². The first-order valence-electron chi connectivity index (χ1n) is 5.85. The maximum Gasteiger partial charge on any atom is 0.254 e. The molecule has 1 unspecified atom stereocenters. The minimum absolute atomic E-state index is 0.109. The summed E-state index contributed by atoms with van der Waals surface area (Å²) in [5.41, 5.74) is -0.173. The van der Waals surface area contributed by atoms with Gasteiger partial charge in [0.2, 0.25) is 11.8 Å². The van der Waals surface area contributed by atoms with Crippen LogP contribution in [0.3, 0.4) is 0 Å². The van der Waals surface area contributed by atoms with Gasteiger partial charge in [-0.05, 0) is 24.6 Å². The number of hydrogen-bond donors (Lipinski definition) is 2. The largest absolute Gasteiger partial charge is 0.340 e. The number of nitriles is 1. The molecule has 7 heteroatoms. The van der Waals surface area contributed by atoms with Crippen LogP contribution in [0.25, 0.3) is 0 Å². The first-order chi connectivity index (χ1) is 9.51. The molecule has 20 heavy (non-hydrogen) atoms. The first kappa shape index (κ1) is 13.7. The molecule has 0 bridgehead atoms. The lowest BCUT2D eigenvalue weighted by atomic mass is 10.0. The third-order valence-corrected chi connectivity index (χ3v) is 2.88. The molecule has 0 radical (unpaired) electrons. The first-order valence-corrected chi connectivity index (χ1v) is 5.85. The van der Waals surface area contributed by atoms with Gasteiger partial charge in [-0.25, -0.2) is 4.39 Å². The molecule has 1 saturated heterocycles. The Kier molecular flexibility index (Phi) is 3.75. The van der Waals surface area contributed by atoms with Crippen molar-refractivity contribution in [1.29, 1.82) is 5.26 Å². The second-order valence-electron chi connectivity index (χ2n) is 4.28. The van der Waals surface area contributed by atoms with E-state index in [0.717, 1.165) is 12.1 Å². The van der Waals surface area contributed by atoms with Gasteiger partial charge in [0, 0.05) is 6.42 Å². The third kappa shape index (κ3) is 2.80. The molecular formula is C13H10FN3O3. The molecule has 3 amide bonds. The van der Waals surface area contributed by atoms with Crippen molar-refractivity contribution in [3.05, 3.63) is 35.1 Å². The van der Waals surface area contributed by atoms with Crippen LogP contribution in [0, 0.1) is 17.1 Å². The summed E-state index contributed by atoms with van der Waals surface area (Å²) < 4.78 is 13.5. The van der Waals surface area contributed by atoms with Crippen LogP contribution in [-0.2, 0) is 9.59 Å². The van der Waals surface area contributed by atoms with E-state index in [1.807, 2.05) is 0 Å². The van der Waals surface area contributed by atoms with Crippen LogP contribution in [0.5, 0.6) is 0 Å². The van der Waals surface area contributed by atoms with Gasteiger partial charge in [-0.2, -0.15) is 5.26 Å². The van der Waals surface area contributed by atoms with Crippen molar-refractivity contribution in [2.45, 2.75) is 18.9 Å². The second kappa shape index (κ2) is 5.48. The van der Waals surface area contributed by atoms with E-state index in [0.29, 0.717) is 0 Å². The van der Waals surface area contributed by atoms with Gasteiger partial charge in [-0.1, -0.05) is 0 Å². The molecule has 2 rings (SSSR count). The molecule has 0 spiro atoms. The van der Waals surface area contributed by atoms with Crippen molar-refractivity contribution in [2.24, 2.45) is 0 Å². The Labute approximate surface area is 113 Å². The molecule has 102 valence electrons. The number of carbonyl (C=O) groups is 3. The SMILES string of the molecule is N#Cc1ccc(F)c(C(=O)NC2CCC(=O)NC2=O)c1. The van der Waals surface area contributed by atoms with E-state index < -0.39 is 29.6 Å². The number of nitrogens with zero attached hydrogens (tertiary/aromatic N) is 1. The summed E-state index contributed by atoms with van der Waals surface area (Å²) in [4.78, 5) is 34.4. The number of carbonyl (C=O) groups excluding carboxylic acids is 3. The summed E-state index contributed by atoms with van der Waals surface area (Å²) in [5.74, 6) is -2.60. The fourth-order valence-electron chi connectivity index (χ4n) is 1.84. The van der Waals surface area contributed by atoms with E-state index in [1.54, 1.807) is 6.07 Å². The molecule has 2 N–H and O–H groups in total. The van der Waals surface area contributed by atoms with E-state index in [4.69, 9.17) is 5.26 Å². The maximum absolute atomic E-state index is 13.5. The summed E-state index contributed by atoms with van der Waals surface area (Å²) in [6.07, 6.45) is 0.271. The number of amides is 3. The van der Waals surface area contributed by atoms with Crippen molar-refractivity contribution >= 4 is 17.7 Å². The van der Waals surface area contributed by atoms with Crippen molar-refractivity contribution < 1.29 is 18.8 Å². The van der Waals surface area contributed by atoms with E-state index >= 15 is 0 Å². The number of piperidine rings is 1. The highest BCUT2D eigenvalue weighted by molar-refractivity contribution is 6.03. The average molecular weight is 275 g/mol. The Morgan fingerprint density at radius 3 is 2.85 bits per heavy atom. The van der Waals surface area contributed by atoms with Crippen molar-refractivity contribution in [1.82, 2.24) is 10.6 Å². The molecule has 1 heterocycles. The van der Waals surface area contributed by atoms with Gasteiger partial charge in [-0.15, -0.1) is 0 Å². The van der Waals surface area contributed by atoms with Crippen LogP contribution in [0.4, 0.5) is 4.39 Å². The van der Waals surface area contributed by atoms with Gasteiger partial charge in [0.25, 0.3) is 5.91 Å². The molecule has 0 saturated carbocycles. The smallest absolute Gasteiger partial charge is 0.254 e. The van der Waals surface area contributed by atoms with Crippen molar-refractivity contribution in [2.75, 3.05) is 0 Å². The summed E-state index contributed by atoms with van der Waals surface area (Å²) in [5, 5.41) is 13.2. The van der Waals surface area contributed by atoms with E-state index in [-0.39, 0.29) is 24.0 Å². The number of benzene rings is 1. The molecule has 1 fully saturated rings. The van der Waals surface area contributed by atoms with Gasteiger partial charge in [0.15, 0.2) is 0 Å². The van der Waals surface area contributed by atoms with Crippen LogP contribution in [-0.4, -0.2) is 23.8 Å². The Balaban J connectivity index is 2.15. The molecule has 0 aliphatic carbocycles. The minimum atomic E-state index is -0.884. The van der Waals surface area contributed by atoms with Gasteiger partial charge < -0.3 is 5.32 Å². The van der Waals surface area contributed by atoms with Crippen LogP contribution < -0.4 is 10.6 Å². The number of imide groups is 1. The Bertz CT molecular complexity index is 636. The zero-order valence-electron chi connectivity index (χ0n) is 10.3. The molecule has 1 atom stereocenters. The number of rotatable bonds is 2. The zero-order valence-corrected chi connectivity index (χ0v) is 10.3. The summed E-state index contributed by atoms with van der Waals surface area (Å²) >= 11 is 0. The topological polar surface area (TPSA) is 99.1 Å². The predicted molar refractivity (Wildman–Crippen MR) is 64.8 cm³/mol. The van der Waals surface area contributed by atoms with Crippen LogP contribution >= 0.6 is 0 Å². The molecule has 1 aromatic rings.